The summed E-state index contributed by atoms with van der Waals surface area (Å²) in [5, 5.41) is 5.28. The molecule has 17 nitrogen and oxygen atoms in total. The molecule has 1 atom stereocenters. The van der Waals surface area contributed by atoms with E-state index in [0.29, 0.717) is 106 Å². The molecule has 1 heterocycles. The van der Waals surface area contributed by atoms with E-state index in [-0.39, 0.29) is 43.7 Å². The summed E-state index contributed by atoms with van der Waals surface area (Å²) in [6, 6.07) is -0.687. The predicted octanol–water partition coefficient (Wildman–Crippen LogP) is -1.43. The fourth-order valence-corrected chi connectivity index (χ4v) is 3.83. The number of nitrogens with two attached hydrogens (primary N) is 1. The van der Waals surface area contributed by atoms with Crippen LogP contribution in [-0.2, 0) is 61.9 Å². The van der Waals surface area contributed by atoms with Gasteiger partial charge in [0.15, 0.2) is 0 Å². The Balaban J connectivity index is 1.71. The van der Waals surface area contributed by atoms with Gasteiger partial charge in [-0.05, 0) is 5.92 Å². The van der Waals surface area contributed by atoms with Crippen molar-refractivity contribution in [2.45, 2.75) is 32.7 Å². The lowest BCUT2D eigenvalue weighted by molar-refractivity contribution is -0.137. The topological polar surface area (TPSA) is 213 Å². The summed E-state index contributed by atoms with van der Waals surface area (Å²) < 4.78 is 43.3. The van der Waals surface area contributed by atoms with Gasteiger partial charge in [0.1, 0.15) is 6.04 Å². The lowest BCUT2D eigenvalue weighted by Gasteiger charge is -2.18. The van der Waals surface area contributed by atoms with E-state index in [9.17, 15) is 24.0 Å². The lowest BCUT2D eigenvalue weighted by Crippen LogP contribution is -2.47. The van der Waals surface area contributed by atoms with Crippen molar-refractivity contribution >= 4 is 29.5 Å². The summed E-state index contributed by atoms with van der Waals surface area (Å²) in [7, 11) is 0. The van der Waals surface area contributed by atoms with Gasteiger partial charge in [0.2, 0.25) is 17.7 Å². The summed E-state index contributed by atoms with van der Waals surface area (Å²) >= 11 is 0. The first-order chi connectivity index (χ1) is 23.2. The van der Waals surface area contributed by atoms with E-state index in [1.54, 1.807) is 0 Å². The third kappa shape index (κ3) is 23.3. The number of carbonyl (C=O) groups is 5. The van der Waals surface area contributed by atoms with Gasteiger partial charge in [-0.3, -0.25) is 28.9 Å². The Labute approximate surface area is 282 Å². The molecule has 0 aromatic heterocycles. The molecule has 0 unspecified atom stereocenters. The predicted molar refractivity (Wildman–Crippen MR) is 171 cm³/mol. The van der Waals surface area contributed by atoms with Gasteiger partial charge in [0, 0.05) is 38.1 Å². The van der Waals surface area contributed by atoms with Crippen molar-refractivity contribution < 1.29 is 61.9 Å². The Kier molecular flexibility index (Phi) is 25.9. The minimum Gasteiger partial charge on any atom is -0.379 e. The normalized spacial score (nSPS) is 13.4. The van der Waals surface area contributed by atoms with Gasteiger partial charge in [-0.2, -0.15) is 0 Å². The Morgan fingerprint density at radius 1 is 0.604 bits per heavy atom. The van der Waals surface area contributed by atoms with Crippen LogP contribution in [0, 0.1) is 5.92 Å². The second kappa shape index (κ2) is 28.9. The maximum atomic E-state index is 11.9. The number of hydrogen-bond acceptors (Lipinski definition) is 13. The quantitative estimate of drug-likeness (QED) is 0.0533. The van der Waals surface area contributed by atoms with Crippen LogP contribution in [0.25, 0.3) is 0 Å². The van der Waals surface area contributed by atoms with E-state index in [1.807, 2.05) is 13.8 Å². The second-order valence-electron chi connectivity index (χ2n) is 10.6. The molecular formula is C31H54N4O13. The average molecular weight is 691 g/mol. The number of rotatable bonds is 33. The van der Waals surface area contributed by atoms with Crippen LogP contribution in [0.15, 0.2) is 12.2 Å². The average Bonchev–Trinajstić information content (AvgIpc) is 3.37. The summed E-state index contributed by atoms with van der Waals surface area (Å²) in [5.41, 5.74) is 5.28. The first-order valence-corrected chi connectivity index (χ1v) is 16.2. The van der Waals surface area contributed by atoms with Crippen molar-refractivity contribution in [3.05, 3.63) is 12.2 Å². The molecule has 0 bridgehead atoms. The molecule has 1 aliphatic rings. The number of amides is 5. The fraction of sp³-hybridized carbons (Fsp3) is 0.774. The Bertz CT molecular complexity index is 933. The van der Waals surface area contributed by atoms with Crippen molar-refractivity contribution in [1.29, 1.82) is 0 Å². The van der Waals surface area contributed by atoms with Crippen molar-refractivity contribution in [1.82, 2.24) is 15.5 Å². The highest BCUT2D eigenvalue weighted by atomic mass is 16.6. The highest BCUT2D eigenvalue weighted by molar-refractivity contribution is 6.13. The van der Waals surface area contributed by atoms with E-state index >= 15 is 0 Å². The Morgan fingerprint density at radius 3 is 1.35 bits per heavy atom. The second-order valence-corrected chi connectivity index (χ2v) is 10.6. The van der Waals surface area contributed by atoms with E-state index in [1.165, 1.54) is 12.2 Å². The van der Waals surface area contributed by atoms with Gasteiger partial charge < -0.3 is 54.3 Å². The molecule has 1 aliphatic heterocycles. The molecule has 0 saturated heterocycles. The molecule has 0 spiro atoms. The van der Waals surface area contributed by atoms with Crippen LogP contribution in [0.3, 0.4) is 0 Å². The van der Waals surface area contributed by atoms with Gasteiger partial charge in [-0.15, -0.1) is 0 Å². The Hall–Kier alpha value is -3.03. The number of primary amides is 1. The lowest BCUT2D eigenvalue weighted by atomic mass is 10.0. The van der Waals surface area contributed by atoms with Crippen molar-refractivity contribution in [2.24, 2.45) is 11.7 Å². The molecule has 0 radical (unpaired) electrons. The molecular weight excluding hydrogens is 636 g/mol. The van der Waals surface area contributed by atoms with Crippen molar-refractivity contribution in [3.8, 4) is 0 Å². The van der Waals surface area contributed by atoms with E-state index < -0.39 is 23.8 Å². The Morgan fingerprint density at radius 2 is 0.979 bits per heavy atom. The molecule has 0 fully saturated rings. The number of ether oxygens (including phenoxy) is 8. The zero-order valence-corrected chi connectivity index (χ0v) is 28.3. The SMILES string of the molecule is CC(C)[C@H](NC(=O)CCOCCOCCOCCOCCOCCOCCOCCOCCNC(=O)CCN1C(=O)C=CC1=O)C(N)=O. The number of hydrogen-bond donors (Lipinski definition) is 3. The summed E-state index contributed by atoms with van der Waals surface area (Å²) in [4.78, 5) is 58.9. The fourth-order valence-electron chi connectivity index (χ4n) is 3.83. The summed E-state index contributed by atoms with van der Waals surface area (Å²) in [6.07, 6.45) is 2.56. The van der Waals surface area contributed by atoms with E-state index in [0.717, 1.165) is 4.90 Å². The van der Waals surface area contributed by atoms with Crippen molar-refractivity contribution in [3.63, 3.8) is 0 Å². The molecule has 0 saturated carbocycles. The molecule has 1 rings (SSSR count). The molecule has 0 aromatic rings. The third-order valence-electron chi connectivity index (χ3n) is 6.40. The van der Waals surface area contributed by atoms with Crippen molar-refractivity contribution in [2.75, 3.05) is 119 Å². The maximum Gasteiger partial charge on any atom is 0.253 e. The van der Waals surface area contributed by atoms with Crippen LogP contribution in [-0.4, -0.2) is 159 Å². The van der Waals surface area contributed by atoms with Crippen LogP contribution in [0.2, 0.25) is 0 Å². The molecule has 0 aromatic carbocycles. The van der Waals surface area contributed by atoms with Gasteiger partial charge in [-0.1, -0.05) is 13.8 Å². The highest BCUT2D eigenvalue weighted by Gasteiger charge is 2.23. The van der Waals surface area contributed by atoms with Crippen LogP contribution < -0.4 is 16.4 Å². The number of nitrogens with zero attached hydrogens (tertiary/aromatic N) is 1. The summed E-state index contributed by atoms with van der Waals surface area (Å²) in [6.45, 7) is 10.4. The highest BCUT2D eigenvalue weighted by Crippen LogP contribution is 2.04. The number of imide groups is 1. The van der Waals surface area contributed by atoms with E-state index in [2.05, 4.69) is 10.6 Å². The molecule has 0 aliphatic carbocycles. The zero-order chi connectivity index (χ0) is 35.2. The molecule has 5 amide bonds. The third-order valence-corrected chi connectivity index (χ3v) is 6.40. The van der Waals surface area contributed by atoms with Gasteiger partial charge in [0.25, 0.3) is 11.8 Å². The minimum absolute atomic E-state index is 0.0452. The number of carbonyl (C=O) groups excluding carboxylic acids is 5. The van der Waals surface area contributed by atoms with Gasteiger partial charge >= 0.3 is 0 Å². The standard InChI is InChI=1S/C31H54N4O13/c1-25(2)30(31(32)40)34-27(37)6-9-41-11-13-43-15-17-45-19-21-47-23-24-48-22-20-46-18-16-44-14-12-42-10-7-33-26(36)5-8-35-28(38)3-4-29(35)39/h3-4,25,30H,5-24H2,1-2H3,(H2,32,40)(H,33,36)(H,34,37)/t30-/m0/s1. The van der Waals surface area contributed by atoms with E-state index in [4.69, 9.17) is 43.6 Å². The largest absolute Gasteiger partial charge is 0.379 e. The smallest absolute Gasteiger partial charge is 0.253 e. The first kappa shape index (κ1) is 43.0. The van der Waals surface area contributed by atoms with Crippen LogP contribution in [0.4, 0.5) is 0 Å². The van der Waals surface area contributed by atoms with Gasteiger partial charge in [0.05, 0.1) is 106 Å². The van der Waals surface area contributed by atoms with Crippen LogP contribution in [0.5, 0.6) is 0 Å². The molecule has 48 heavy (non-hydrogen) atoms. The van der Waals surface area contributed by atoms with Crippen LogP contribution >= 0.6 is 0 Å². The maximum absolute atomic E-state index is 11.9. The number of nitrogens with one attached hydrogen (secondary N) is 2. The van der Waals surface area contributed by atoms with Crippen LogP contribution in [0.1, 0.15) is 26.7 Å². The zero-order valence-electron chi connectivity index (χ0n) is 28.3. The summed E-state index contributed by atoms with van der Waals surface area (Å²) in [5.74, 6) is -1.99. The minimum atomic E-state index is -0.687. The first-order valence-electron chi connectivity index (χ1n) is 16.2. The molecule has 4 N–H and O–H groups in total. The molecule has 276 valence electrons. The monoisotopic (exact) mass is 690 g/mol. The van der Waals surface area contributed by atoms with Gasteiger partial charge in [-0.25, -0.2) is 0 Å². The molecule has 17 heteroatoms.